The van der Waals surface area contributed by atoms with Crippen LogP contribution in [0.4, 0.5) is 5.69 Å². The second-order valence-corrected chi connectivity index (χ2v) is 6.27. The molecule has 0 aromatic heterocycles. The summed E-state index contributed by atoms with van der Waals surface area (Å²) in [6.45, 7) is 5.06. The molecule has 128 valence electrons. The van der Waals surface area contributed by atoms with Crippen molar-refractivity contribution in [1.29, 1.82) is 0 Å². The Labute approximate surface area is 142 Å². The third kappa shape index (κ3) is 3.16. The molecule has 3 rings (SSSR count). The number of para-hydroxylation sites is 1. The molecule has 1 N–H and O–H groups in total. The highest BCUT2D eigenvalue weighted by Gasteiger charge is 2.29. The molecule has 1 aromatic carbocycles. The first-order valence-electron chi connectivity index (χ1n) is 8.66. The Balaban J connectivity index is 1.69. The number of rotatable bonds is 4. The molecule has 1 unspecified atom stereocenters. The van der Waals surface area contributed by atoms with E-state index >= 15 is 0 Å². The second-order valence-electron chi connectivity index (χ2n) is 6.27. The summed E-state index contributed by atoms with van der Waals surface area (Å²) in [7, 11) is 0. The number of hydrogen-bond donors (Lipinski definition) is 1. The van der Waals surface area contributed by atoms with Crippen molar-refractivity contribution >= 4 is 17.5 Å². The van der Waals surface area contributed by atoms with E-state index in [-0.39, 0.29) is 11.8 Å². The maximum atomic E-state index is 12.7. The van der Waals surface area contributed by atoms with Gasteiger partial charge in [-0.2, -0.15) is 0 Å². The van der Waals surface area contributed by atoms with Gasteiger partial charge in [0.2, 0.25) is 5.91 Å². The monoisotopic (exact) mass is 328 g/mol. The predicted octanol–water partition coefficient (Wildman–Crippen LogP) is 2.55. The van der Waals surface area contributed by atoms with Gasteiger partial charge in [0.15, 0.2) is 0 Å². The topological polar surface area (TPSA) is 58.6 Å². The van der Waals surface area contributed by atoms with Crippen LogP contribution in [0.3, 0.4) is 0 Å². The van der Waals surface area contributed by atoms with E-state index in [0.29, 0.717) is 31.6 Å². The highest BCUT2D eigenvalue weighted by Crippen LogP contribution is 2.28. The van der Waals surface area contributed by atoms with Crippen LogP contribution >= 0.6 is 0 Å². The number of carbonyl (C=O) groups is 2. The first-order chi connectivity index (χ1) is 11.6. The molecular formula is C19H24N2O3. The van der Waals surface area contributed by atoms with Crippen LogP contribution in [0.5, 0.6) is 0 Å². The minimum absolute atomic E-state index is 0.0660. The van der Waals surface area contributed by atoms with E-state index in [2.05, 4.69) is 5.32 Å². The fraction of sp³-hybridized carbons (Fsp3) is 0.474. The molecule has 0 bridgehead atoms. The first-order valence-corrected chi connectivity index (χ1v) is 8.66. The molecule has 1 aromatic rings. The van der Waals surface area contributed by atoms with Crippen LogP contribution < -0.4 is 10.2 Å². The van der Waals surface area contributed by atoms with Crippen LogP contribution in [0.15, 0.2) is 35.6 Å². The van der Waals surface area contributed by atoms with E-state index in [1.807, 2.05) is 31.2 Å². The number of carbonyl (C=O) groups excluding carboxylic acids is 2. The summed E-state index contributed by atoms with van der Waals surface area (Å²) >= 11 is 0. The zero-order chi connectivity index (χ0) is 17.1. The number of amides is 2. The Bertz CT molecular complexity index is 681. The average Bonchev–Trinajstić information content (AvgIpc) is 3.04. The van der Waals surface area contributed by atoms with E-state index in [9.17, 15) is 9.59 Å². The van der Waals surface area contributed by atoms with Crippen molar-refractivity contribution in [3.63, 3.8) is 0 Å². The van der Waals surface area contributed by atoms with Gasteiger partial charge in [-0.3, -0.25) is 9.59 Å². The number of ether oxygens (including phenoxy) is 1. The molecule has 1 atom stereocenters. The van der Waals surface area contributed by atoms with Crippen LogP contribution in [-0.4, -0.2) is 31.0 Å². The molecule has 0 spiro atoms. The van der Waals surface area contributed by atoms with Crippen molar-refractivity contribution in [2.24, 2.45) is 0 Å². The van der Waals surface area contributed by atoms with Crippen molar-refractivity contribution in [2.75, 3.05) is 18.1 Å². The van der Waals surface area contributed by atoms with Crippen molar-refractivity contribution in [3.05, 3.63) is 41.2 Å². The summed E-state index contributed by atoms with van der Waals surface area (Å²) in [5.41, 5.74) is 2.82. The highest BCUT2D eigenvalue weighted by atomic mass is 16.5. The van der Waals surface area contributed by atoms with Crippen LogP contribution in [0.1, 0.15) is 38.7 Å². The second kappa shape index (κ2) is 7.07. The number of nitrogens with one attached hydrogen (secondary N) is 1. The van der Waals surface area contributed by atoms with Crippen molar-refractivity contribution in [2.45, 2.75) is 45.6 Å². The van der Waals surface area contributed by atoms with E-state index in [4.69, 9.17) is 4.74 Å². The van der Waals surface area contributed by atoms with E-state index in [1.54, 1.807) is 11.8 Å². The maximum Gasteiger partial charge on any atom is 0.251 e. The molecular weight excluding hydrogens is 304 g/mol. The number of hydrogen-bond acceptors (Lipinski definition) is 3. The van der Waals surface area contributed by atoms with Crippen molar-refractivity contribution in [1.82, 2.24) is 5.32 Å². The Morgan fingerprint density at radius 1 is 1.29 bits per heavy atom. The lowest BCUT2D eigenvalue weighted by molar-refractivity contribution is -0.125. The van der Waals surface area contributed by atoms with E-state index < -0.39 is 6.04 Å². The molecule has 0 fully saturated rings. The lowest BCUT2D eigenvalue weighted by atomic mass is 10.0. The summed E-state index contributed by atoms with van der Waals surface area (Å²) in [5.74, 6) is 0.508. The SMILES string of the molecule is CCC1=C(C(=O)NC(C)C(=O)N2CCc3ccccc32)CCCO1. The van der Waals surface area contributed by atoms with Crippen molar-refractivity contribution in [3.8, 4) is 0 Å². The molecule has 5 nitrogen and oxygen atoms in total. The molecule has 24 heavy (non-hydrogen) atoms. The molecule has 2 aliphatic rings. The summed E-state index contributed by atoms with van der Waals surface area (Å²) < 4.78 is 5.57. The summed E-state index contributed by atoms with van der Waals surface area (Å²) in [5, 5.41) is 2.85. The fourth-order valence-electron chi connectivity index (χ4n) is 3.37. The number of nitrogens with zero attached hydrogens (tertiary/aromatic N) is 1. The maximum absolute atomic E-state index is 12.7. The summed E-state index contributed by atoms with van der Waals surface area (Å²) in [6, 6.07) is 7.37. The number of benzene rings is 1. The third-order valence-corrected chi connectivity index (χ3v) is 4.65. The molecule has 0 saturated carbocycles. The quantitative estimate of drug-likeness (QED) is 0.924. The minimum Gasteiger partial charge on any atom is -0.497 e. The normalized spacial score (nSPS) is 18.0. The van der Waals surface area contributed by atoms with Gasteiger partial charge in [0.25, 0.3) is 5.91 Å². The average molecular weight is 328 g/mol. The lowest BCUT2D eigenvalue weighted by Crippen LogP contribution is -2.47. The van der Waals surface area contributed by atoms with Gasteiger partial charge >= 0.3 is 0 Å². The molecule has 2 amide bonds. The van der Waals surface area contributed by atoms with E-state index in [0.717, 1.165) is 24.3 Å². The zero-order valence-corrected chi connectivity index (χ0v) is 14.3. The molecule has 2 aliphatic heterocycles. The van der Waals surface area contributed by atoms with Crippen LogP contribution in [0.25, 0.3) is 0 Å². The minimum atomic E-state index is -0.559. The molecule has 2 heterocycles. The van der Waals surface area contributed by atoms with Crippen LogP contribution in [0.2, 0.25) is 0 Å². The first kappa shape index (κ1) is 16.6. The van der Waals surface area contributed by atoms with Gasteiger partial charge < -0.3 is 15.0 Å². The van der Waals surface area contributed by atoms with E-state index in [1.165, 1.54) is 5.56 Å². The van der Waals surface area contributed by atoms with Crippen molar-refractivity contribution < 1.29 is 14.3 Å². The van der Waals surface area contributed by atoms with Gasteiger partial charge in [-0.25, -0.2) is 0 Å². The number of anilines is 1. The smallest absolute Gasteiger partial charge is 0.251 e. The standard InChI is InChI=1S/C19H24N2O3/c1-3-17-15(8-6-12-24-17)18(22)20-13(2)19(23)21-11-10-14-7-4-5-9-16(14)21/h4-5,7,9,13H,3,6,8,10-12H2,1-2H3,(H,20,22). The van der Waals surface area contributed by atoms with Crippen LogP contribution in [-0.2, 0) is 20.7 Å². The Morgan fingerprint density at radius 3 is 2.88 bits per heavy atom. The van der Waals surface area contributed by atoms with Gasteiger partial charge in [0.05, 0.1) is 12.2 Å². The van der Waals surface area contributed by atoms with Gasteiger partial charge in [0, 0.05) is 18.7 Å². The third-order valence-electron chi connectivity index (χ3n) is 4.65. The van der Waals surface area contributed by atoms with Gasteiger partial charge in [-0.15, -0.1) is 0 Å². The summed E-state index contributed by atoms with van der Waals surface area (Å²) in [4.78, 5) is 27.0. The molecule has 0 aliphatic carbocycles. The van der Waals surface area contributed by atoms with Gasteiger partial charge in [-0.1, -0.05) is 25.1 Å². The molecule has 5 heteroatoms. The molecule has 0 radical (unpaired) electrons. The Kier molecular flexibility index (Phi) is 4.88. The van der Waals surface area contributed by atoms with Gasteiger partial charge in [0.1, 0.15) is 11.8 Å². The predicted molar refractivity (Wildman–Crippen MR) is 92.6 cm³/mol. The summed E-state index contributed by atoms with van der Waals surface area (Å²) in [6.07, 6.45) is 3.11. The zero-order valence-electron chi connectivity index (χ0n) is 14.3. The fourth-order valence-corrected chi connectivity index (χ4v) is 3.37. The highest BCUT2D eigenvalue weighted by molar-refractivity contribution is 6.03. The molecule has 0 saturated heterocycles. The van der Waals surface area contributed by atoms with Gasteiger partial charge in [-0.05, 0) is 37.8 Å². The Morgan fingerprint density at radius 2 is 2.08 bits per heavy atom. The number of fused-ring (bicyclic) bond motifs is 1. The largest absolute Gasteiger partial charge is 0.497 e. The lowest BCUT2D eigenvalue weighted by Gasteiger charge is -2.24. The Hall–Kier alpha value is -2.30. The number of allylic oxidation sites excluding steroid dienone is 1. The van der Waals surface area contributed by atoms with Crippen LogP contribution in [0, 0.1) is 0 Å².